The summed E-state index contributed by atoms with van der Waals surface area (Å²) >= 11 is 0. The Bertz CT molecular complexity index is 1290. The van der Waals surface area contributed by atoms with Gasteiger partial charge in [-0.3, -0.25) is 4.98 Å². The molecule has 0 amide bonds. The molecule has 0 saturated heterocycles. The zero-order valence-electron chi connectivity index (χ0n) is 21.3. The van der Waals surface area contributed by atoms with Crippen molar-refractivity contribution in [3.05, 3.63) is 54.6 Å². The molecule has 0 atom stereocenters. The molecule has 0 radical (unpaired) electrons. The molecule has 4 N–H and O–H groups in total. The summed E-state index contributed by atoms with van der Waals surface area (Å²) in [5, 5.41) is 7.23. The van der Waals surface area contributed by atoms with Gasteiger partial charge in [0, 0.05) is 49.4 Å². The van der Waals surface area contributed by atoms with E-state index in [0.717, 1.165) is 78.3 Å². The fourth-order valence-corrected chi connectivity index (χ4v) is 5.65. The molecule has 2 saturated carbocycles. The molecule has 4 aromatic heterocycles. The van der Waals surface area contributed by atoms with Gasteiger partial charge in [0.25, 0.3) is 0 Å². The summed E-state index contributed by atoms with van der Waals surface area (Å²) < 4.78 is 7.45. The van der Waals surface area contributed by atoms with Crippen LogP contribution in [0.2, 0.25) is 0 Å². The van der Waals surface area contributed by atoms with E-state index in [-0.39, 0.29) is 0 Å². The number of rotatable bonds is 9. The smallest absolute Gasteiger partial charge is 0.166 e. The van der Waals surface area contributed by atoms with Crippen molar-refractivity contribution < 1.29 is 4.42 Å². The van der Waals surface area contributed by atoms with Crippen LogP contribution in [0, 0.1) is 0 Å². The zero-order valence-corrected chi connectivity index (χ0v) is 21.3. The van der Waals surface area contributed by atoms with E-state index in [2.05, 4.69) is 26.3 Å². The third-order valence-electron chi connectivity index (χ3n) is 7.84. The van der Waals surface area contributed by atoms with E-state index < -0.39 is 0 Å². The quantitative estimate of drug-likeness (QED) is 0.305. The summed E-state index contributed by atoms with van der Waals surface area (Å²) in [6, 6.07) is 7.40. The Hall–Kier alpha value is -3.30. The lowest BCUT2D eigenvalue weighted by molar-refractivity contribution is 0.344. The number of furan rings is 1. The maximum Gasteiger partial charge on any atom is 0.166 e. The first-order valence-corrected chi connectivity index (χ1v) is 13.7. The molecule has 0 unspecified atom stereocenters. The minimum Gasteiger partial charge on any atom is -0.472 e. The molecule has 2 fully saturated rings. The molecule has 2 aliphatic carbocycles. The number of nitrogens with two attached hydrogens (primary N) is 1. The predicted molar refractivity (Wildman–Crippen MR) is 144 cm³/mol. The van der Waals surface area contributed by atoms with Gasteiger partial charge in [-0.25, -0.2) is 15.0 Å². The summed E-state index contributed by atoms with van der Waals surface area (Å²) in [4.78, 5) is 19.3. The van der Waals surface area contributed by atoms with Crippen molar-refractivity contribution in [3.8, 4) is 11.3 Å². The highest BCUT2D eigenvalue weighted by Crippen LogP contribution is 2.32. The Kier molecular flexibility index (Phi) is 7.14. The Balaban J connectivity index is 1.19. The van der Waals surface area contributed by atoms with Crippen LogP contribution in [0.3, 0.4) is 0 Å². The lowest BCUT2D eigenvalue weighted by Crippen LogP contribution is -2.38. The molecule has 4 aromatic rings. The maximum absolute atomic E-state index is 6.07. The molecule has 0 aliphatic heterocycles. The number of hydrogen-bond acceptors (Lipinski definition) is 8. The van der Waals surface area contributed by atoms with E-state index in [9.17, 15) is 0 Å². The van der Waals surface area contributed by atoms with Gasteiger partial charge in [0.05, 0.1) is 24.5 Å². The van der Waals surface area contributed by atoms with Crippen LogP contribution in [0.4, 0.5) is 5.82 Å². The van der Waals surface area contributed by atoms with Crippen LogP contribution < -0.4 is 16.4 Å². The molecule has 0 bridgehead atoms. The fourth-order valence-electron chi connectivity index (χ4n) is 5.65. The first-order chi connectivity index (χ1) is 18.2. The summed E-state index contributed by atoms with van der Waals surface area (Å²) in [5.41, 5.74) is 10.8. The van der Waals surface area contributed by atoms with Crippen LogP contribution in [-0.4, -0.2) is 43.1 Å². The molecule has 4 heterocycles. The average Bonchev–Trinajstić information content (AvgIpc) is 3.71. The van der Waals surface area contributed by atoms with Crippen LogP contribution in [0.15, 0.2) is 47.7 Å². The van der Waals surface area contributed by atoms with Gasteiger partial charge in [-0.15, -0.1) is 0 Å². The second kappa shape index (κ2) is 11.0. The number of anilines is 1. The Labute approximate surface area is 217 Å². The second-order valence-electron chi connectivity index (χ2n) is 10.5. The van der Waals surface area contributed by atoms with E-state index in [1.165, 1.54) is 25.7 Å². The highest BCUT2D eigenvalue weighted by atomic mass is 16.3. The molecule has 9 heteroatoms. The molecule has 2 aliphatic rings. The number of imidazole rings is 1. The van der Waals surface area contributed by atoms with Gasteiger partial charge in [0.2, 0.25) is 0 Å². The average molecular weight is 501 g/mol. The lowest BCUT2D eigenvalue weighted by Gasteiger charge is -2.26. The third kappa shape index (κ3) is 5.52. The van der Waals surface area contributed by atoms with Crippen molar-refractivity contribution in [1.29, 1.82) is 0 Å². The molecular formula is C28H36N8O. The van der Waals surface area contributed by atoms with Crippen LogP contribution in [-0.2, 0) is 13.0 Å². The van der Waals surface area contributed by atoms with E-state index in [0.29, 0.717) is 24.7 Å². The molecule has 0 aromatic carbocycles. The van der Waals surface area contributed by atoms with Gasteiger partial charge < -0.3 is 25.4 Å². The monoisotopic (exact) mass is 500 g/mol. The molecular weight excluding hydrogens is 464 g/mol. The van der Waals surface area contributed by atoms with Crippen molar-refractivity contribution >= 4 is 17.0 Å². The number of fused-ring (bicyclic) bond motifs is 1. The largest absolute Gasteiger partial charge is 0.472 e. The van der Waals surface area contributed by atoms with Gasteiger partial charge in [-0.05, 0) is 56.2 Å². The van der Waals surface area contributed by atoms with Gasteiger partial charge in [-0.1, -0.05) is 18.9 Å². The second-order valence-corrected chi connectivity index (χ2v) is 10.5. The highest BCUT2D eigenvalue weighted by molar-refractivity contribution is 5.83. The minimum absolute atomic E-state index is 0.366. The van der Waals surface area contributed by atoms with Gasteiger partial charge in [0.15, 0.2) is 11.5 Å². The van der Waals surface area contributed by atoms with Crippen molar-refractivity contribution in [3.63, 3.8) is 0 Å². The Morgan fingerprint density at radius 2 is 1.86 bits per heavy atom. The van der Waals surface area contributed by atoms with Crippen molar-refractivity contribution in [2.24, 2.45) is 5.73 Å². The SMILES string of the molecule is NC1CCC(NCCc2nc(NCc3ccc(-c4ccoc4)nc3)c3ncn(C4CCCC4)c3n2)CC1. The number of pyridine rings is 1. The van der Waals surface area contributed by atoms with Crippen molar-refractivity contribution in [2.75, 3.05) is 11.9 Å². The van der Waals surface area contributed by atoms with Gasteiger partial charge >= 0.3 is 0 Å². The minimum atomic E-state index is 0.366. The van der Waals surface area contributed by atoms with Crippen LogP contribution in [0.25, 0.3) is 22.4 Å². The molecule has 0 spiro atoms. The number of aromatic nitrogens is 5. The predicted octanol–water partition coefficient (Wildman–Crippen LogP) is 4.61. The summed E-state index contributed by atoms with van der Waals surface area (Å²) in [5.74, 6) is 1.64. The molecule has 37 heavy (non-hydrogen) atoms. The van der Waals surface area contributed by atoms with Crippen LogP contribution >= 0.6 is 0 Å². The van der Waals surface area contributed by atoms with Crippen molar-refractivity contribution in [1.82, 2.24) is 29.8 Å². The Morgan fingerprint density at radius 1 is 1.00 bits per heavy atom. The standard InChI is InChI=1S/C28H36N8O/c29-21-6-8-22(9-7-21)30-13-11-25-34-27(26-28(35-25)36(18-33-26)23-3-1-2-4-23)32-16-19-5-10-24(31-15-19)20-12-14-37-17-20/h5,10,12,14-15,17-18,21-23,30H,1-4,6-9,11,13,16,29H2,(H,32,34,35). The van der Waals surface area contributed by atoms with E-state index >= 15 is 0 Å². The fraction of sp³-hybridized carbons (Fsp3) is 0.500. The van der Waals surface area contributed by atoms with Gasteiger partial charge in [0.1, 0.15) is 11.3 Å². The summed E-state index contributed by atoms with van der Waals surface area (Å²) in [6.07, 6.45) is 17.4. The van der Waals surface area contributed by atoms with E-state index in [1.54, 1.807) is 12.5 Å². The number of nitrogens with one attached hydrogen (secondary N) is 2. The van der Waals surface area contributed by atoms with E-state index in [1.807, 2.05) is 24.7 Å². The molecule has 6 rings (SSSR count). The zero-order chi connectivity index (χ0) is 25.0. The van der Waals surface area contributed by atoms with Crippen LogP contribution in [0.5, 0.6) is 0 Å². The normalized spacial score (nSPS) is 20.6. The van der Waals surface area contributed by atoms with Crippen molar-refractivity contribution in [2.45, 2.75) is 82.5 Å². The lowest BCUT2D eigenvalue weighted by atomic mass is 9.92. The van der Waals surface area contributed by atoms with E-state index in [4.69, 9.17) is 25.1 Å². The van der Waals surface area contributed by atoms with Crippen LogP contribution in [0.1, 0.15) is 68.8 Å². The van der Waals surface area contributed by atoms with Gasteiger partial charge in [-0.2, -0.15) is 0 Å². The molecule has 194 valence electrons. The number of hydrogen-bond donors (Lipinski definition) is 3. The summed E-state index contributed by atoms with van der Waals surface area (Å²) in [7, 11) is 0. The number of nitrogens with zero attached hydrogens (tertiary/aromatic N) is 5. The maximum atomic E-state index is 6.07. The summed E-state index contributed by atoms with van der Waals surface area (Å²) in [6.45, 7) is 1.48. The topological polar surface area (TPSA) is 120 Å². The Morgan fingerprint density at radius 3 is 2.62 bits per heavy atom. The first-order valence-electron chi connectivity index (χ1n) is 13.7. The molecule has 9 nitrogen and oxygen atoms in total. The highest BCUT2D eigenvalue weighted by Gasteiger charge is 2.22. The third-order valence-corrected chi connectivity index (χ3v) is 7.84. The first kappa shape index (κ1) is 24.1.